The van der Waals surface area contributed by atoms with Crippen molar-refractivity contribution in [3.63, 3.8) is 0 Å². The van der Waals surface area contributed by atoms with Crippen molar-refractivity contribution in [2.24, 2.45) is 0 Å². The molecule has 4 heteroatoms. The average molecular weight is 434 g/mol. The zero-order chi connectivity index (χ0) is 22.6. The summed E-state index contributed by atoms with van der Waals surface area (Å²) in [5, 5.41) is 4.84. The van der Waals surface area contributed by atoms with E-state index in [1.807, 2.05) is 72.8 Å². The van der Waals surface area contributed by atoms with Gasteiger partial charge in [0.05, 0.1) is 0 Å². The quantitative estimate of drug-likeness (QED) is 0.368. The van der Waals surface area contributed by atoms with Crippen LogP contribution < -0.4 is 5.32 Å². The summed E-state index contributed by atoms with van der Waals surface area (Å²) in [4.78, 5) is 23.8. The molecule has 4 aromatic carbocycles. The fourth-order valence-corrected chi connectivity index (χ4v) is 4.57. The Morgan fingerprint density at radius 2 is 1.52 bits per heavy atom. The molecule has 0 unspecified atom stereocenters. The molecule has 5 rings (SSSR count). The van der Waals surface area contributed by atoms with Gasteiger partial charge in [0.2, 0.25) is 0 Å². The van der Waals surface area contributed by atoms with Crippen molar-refractivity contribution < 1.29 is 14.3 Å². The number of alkyl carbamates (subject to hydrolysis) is 1. The van der Waals surface area contributed by atoms with Crippen molar-refractivity contribution >= 4 is 29.2 Å². The van der Waals surface area contributed by atoms with E-state index in [2.05, 4.69) is 29.6 Å². The number of hydrogen-bond acceptors (Lipinski definition) is 3. The van der Waals surface area contributed by atoms with Crippen LogP contribution in [0.3, 0.4) is 0 Å². The smallest absolute Gasteiger partial charge is 0.407 e. The lowest BCUT2D eigenvalue weighted by molar-refractivity contribution is 0.112. The molecule has 1 amide bonds. The summed E-state index contributed by atoms with van der Waals surface area (Å²) >= 11 is 0. The summed E-state index contributed by atoms with van der Waals surface area (Å²) in [6.45, 7) is 0.584. The normalized spacial score (nSPS) is 12.5. The number of rotatable bonds is 6. The molecule has 0 radical (unpaired) electrons. The highest BCUT2D eigenvalue weighted by Gasteiger charge is 2.28. The van der Waals surface area contributed by atoms with Gasteiger partial charge in [-0.3, -0.25) is 4.79 Å². The fourth-order valence-electron chi connectivity index (χ4n) is 4.57. The van der Waals surface area contributed by atoms with E-state index in [0.29, 0.717) is 12.1 Å². The number of nitrogens with one attached hydrogen (secondary N) is 1. The van der Waals surface area contributed by atoms with E-state index in [4.69, 9.17) is 4.74 Å². The first-order valence-corrected chi connectivity index (χ1v) is 11.0. The van der Waals surface area contributed by atoms with Gasteiger partial charge in [0.1, 0.15) is 6.61 Å². The van der Waals surface area contributed by atoms with Crippen molar-refractivity contribution in [3.8, 4) is 11.1 Å². The molecular formula is C29H23NO3. The van der Waals surface area contributed by atoms with Gasteiger partial charge >= 0.3 is 6.09 Å². The van der Waals surface area contributed by atoms with Crippen LogP contribution in [0.1, 0.15) is 33.0 Å². The summed E-state index contributed by atoms with van der Waals surface area (Å²) in [6.07, 6.45) is 4.09. The monoisotopic (exact) mass is 433 g/mol. The van der Waals surface area contributed by atoms with Gasteiger partial charge in [0, 0.05) is 18.0 Å². The summed E-state index contributed by atoms with van der Waals surface area (Å²) in [7, 11) is 0. The van der Waals surface area contributed by atoms with Crippen LogP contribution in [-0.4, -0.2) is 25.5 Å². The van der Waals surface area contributed by atoms with Gasteiger partial charge in [0.15, 0.2) is 6.29 Å². The molecule has 0 heterocycles. The molecule has 0 bridgehead atoms. The van der Waals surface area contributed by atoms with Crippen molar-refractivity contribution in [1.82, 2.24) is 5.32 Å². The number of carbonyl (C=O) groups excluding carboxylic acids is 2. The molecule has 4 aromatic rings. The van der Waals surface area contributed by atoms with E-state index < -0.39 is 6.09 Å². The molecule has 0 atom stereocenters. The lowest BCUT2D eigenvalue weighted by Crippen LogP contribution is -2.26. The third kappa shape index (κ3) is 4.03. The summed E-state index contributed by atoms with van der Waals surface area (Å²) < 4.78 is 5.57. The maximum absolute atomic E-state index is 12.3. The molecule has 162 valence electrons. The standard InChI is InChI=1S/C29H23NO3/c31-18-21-16-15-20-8-1-2-9-22(20)23(21)14-7-17-30-29(32)33-19-28-26-12-5-3-10-24(26)25-11-4-6-13-27(25)28/h1-16,18,28H,17,19H2,(H,30,32). The number of carbonyl (C=O) groups is 2. The molecule has 0 aliphatic heterocycles. The van der Waals surface area contributed by atoms with Gasteiger partial charge in [-0.1, -0.05) is 97.1 Å². The Balaban J connectivity index is 1.23. The number of amides is 1. The van der Waals surface area contributed by atoms with E-state index >= 15 is 0 Å². The molecule has 0 spiro atoms. The fraction of sp³-hybridized carbons (Fsp3) is 0.103. The molecule has 0 saturated heterocycles. The Morgan fingerprint density at radius 3 is 2.24 bits per heavy atom. The van der Waals surface area contributed by atoms with Crippen molar-refractivity contribution in [2.45, 2.75) is 5.92 Å². The molecule has 0 aromatic heterocycles. The molecule has 1 N–H and O–H groups in total. The minimum Gasteiger partial charge on any atom is -0.449 e. The Labute approximate surface area is 192 Å². The van der Waals surface area contributed by atoms with Crippen LogP contribution in [0.4, 0.5) is 4.79 Å². The Bertz CT molecular complexity index is 1330. The lowest BCUT2D eigenvalue weighted by Gasteiger charge is -2.14. The second-order valence-corrected chi connectivity index (χ2v) is 8.02. The van der Waals surface area contributed by atoms with Crippen LogP contribution in [0.15, 0.2) is 91.0 Å². The maximum atomic E-state index is 12.3. The second-order valence-electron chi connectivity index (χ2n) is 8.02. The number of fused-ring (bicyclic) bond motifs is 4. The minimum atomic E-state index is -0.463. The third-order valence-corrected chi connectivity index (χ3v) is 6.12. The van der Waals surface area contributed by atoms with E-state index in [0.717, 1.165) is 22.6 Å². The average Bonchev–Trinajstić information content (AvgIpc) is 3.19. The van der Waals surface area contributed by atoms with Gasteiger partial charge in [-0.15, -0.1) is 0 Å². The second kappa shape index (κ2) is 9.13. The summed E-state index contributed by atoms with van der Waals surface area (Å²) in [5.41, 5.74) is 6.23. The largest absolute Gasteiger partial charge is 0.449 e. The molecule has 1 aliphatic carbocycles. The van der Waals surface area contributed by atoms with Crippen LogP contribution in [0.25, 0.3) is 28.0 Å². The molecular weight excluding hydrogens is 410 g/mol. The summed E-state index contributed by atoms with van der Waals surface area (Å²) in [5.74, 6) is 0.0320. The van der Waals surface area contributed by atoms with Crippen LogP contribution in [-0.2, 0) is 4.74 Å². The van der Waals surface area contributed by atoms with Crippen molar-refractivity contribution in [3.05, 3.63) is 113 Å². The maximum Gasteiger partial charge on any atom is 0.407 e. The van der Waals surface area contributed by atoms with Crippen LogP contribution in [0.5, 0.6) is 0 Å². The van der Waals surface area contributed by atoms with Crippen molar-refractivity contribution in [1.29, 1.82) is 0 Å². The van der Waals surface area contributed by atoms with E-state index in [9.17, 15) is 9.59 Å². The highest BCUT2D eigenvalue weighted by molar-refractivity contribution is 5.98. The Kier molecular flexibility index (Phi) is 5.73. The van der Waals surface area contributed by atoms with Crippen LogP contribution in [0.2, 0.25) is 0 Å². The topological polar surface area (TPSA) is 55.4 Å². The highest BCUT2D eigenvalue weighted by Crippen LogP contribution is 2.44. The first-order valence-electron chi connectivity index (χ1n) is 11.0. The number of aldehydes is 1. The molecule has 1 aliphatic rings. The van der Waals surface area contributed by atoms with E-state index in [1.54, 1.807) is 0 Å². The molecule has 0 saturated carbocycles. The first kappa shape index (κ1) is 20.7. The zero-order valence-electron chi connectivity index (χ0n) is 18.0. The van der Waals surface area contributed by atoms with Gasteiger partial charge in [0.25, 0.3) is 0 Å². The van der Waals surface area contributed by atoms with Crippen LogP contribution in [0, 0.1) is 0 Å². The predicted molar refractivity (Wildman–Crippen MR) is 131 cm³/mol. The summed E-state index contributed by atoms with van der Waals surface area (Å²) in [6, 6.07) is 28.2. The van der Waals surface area contributed by atoms with Gasteiger partial charge < -0.3 is 10.1 Å². The number of hydrogen-bond donors (Lipinski definition) is 1. The van der Waals surface area contributed by atoms with Gasteiger partial charge in [-0.05, 0) is 38.6 Å². The van der Waals surface area contributed by atoms with E-state index in [-0.39, 0.29) is 12.5 Å². The Morgan fingerprint density at radius 1 is 0.848 bits per heavy atom. The lowest BCUT2D eigenvalue weighted by atomic mass is 9.98. The molecule has 33 heavy (non-hydrogen) atoms. The molecule has 0 fully saturated rings. The van der Waals surface area contributed by atoms with Crippen LogP contribution >= 0.6 is 0 Å². The van der Waals surface area contributed by atoms with Gasteiger partial charge in [-0.2, -0.15) is 0 Å². The SMILES string of the molecule is O=Cc1ccc2ccccc2c1C=CCNC(=O)OCC1c2ccccc2-c2ccccc21. The van der Waals surface area contributed by atoms with Gasteiger partial charge in [-0.25, -0.2) is 4.79 Å². The number of ether oxygens (including phenoxy) is 1. The van der Waals surface area contributed by atoms with Crippen molar-refractivity contribution in [2.75, 3.05) is 13.2 Å². The Hall–Kier alpha value is -4.18. The third-order valence-electron chi connectivity index (χ3n) is 6.12. The zero-order valence-corrected chi connectivity index (χ0v) is 18.0. The first-order chi connectivity index (χ1) is 16.3. The van der Waals surface area contributed by atoms with E-state index in [1.165, 1.54) is 22.3 Å². The molecule has 4 nitrogen and oxygen atoms in total. The predicted octanol–water partition coefficient (Wildman–Crippen LogP) is 6.20. The minimum absolute atomic E-state index is 0.0320. The highest BCUT2D eigenvalue weighted by atomic mass is 16.5. The number of benzene rings is 4.